The van der Waals surface area contributed by atoms with Crippen LogP contribution in [0.25, 0.3) is 55.3 Å². The molecule has 6 aromatic rings. The minimum absolute atomic E-state index is 0.0381. The van der Waals surface area contributed by atoms with Gasteiger partial charge < -0.3 is 9.14 Å². The number of rotatable bonds is 3. The lowest BCUT2D eigenvalue weighted by Gasteiger charge is -2.28. The smallest absolute Gasteiger partial charge is 0.128 e. The van der Waals surface area contributed by atoms with Crippen molar-refractivity contribution in [1.29, 1.82) is 5.26 Å². The van der Waals surface area contributed by atoms with Crippen LogP contribution in [0.4, 0.5) is 0 Å². The van der Waals surface area contributed by atoms with Crippen LogP contribution in [0, 0.1) is 24.2 Å². The van der Waals surface area contributed by atoms with E-state index in [1.54, 1.807) is 0 Å². The standard InChI is InChI=1S/C47H42N2O/c1-4-29-17-19-30(20-18-29)36-25-37-38-22-31(33-14-10-16-43-45(33)35-13-8-9-15-42(35)50-43)23-39-46-41(49(47(38)39)40(37)21-28(36)3)24-32(26-48)34-12-7-5-6-11-27(2)44(34)46/h4,7-10,12-16,21-25,27,29-30,35,42H,1,5-6,11,17-20H2,2-3H3/b12-7+. The number of nitriles is 1. The number of benzene rings is 4. The molecule has 2 aromatic heterocycles. The Bertz CT molecular complexity index is 2530. The second-order valence-corrected chi connectivity index (χ2v) is 15.4. The van der Waals surface area contributed by atoms with Crippen LogP contribution in [-0.4, -0.2) is 10.5 Å². The molecule has 3 heteroatoms. The van der Waals surface area contributed by atoms with Crippen molar-refractivity contribution in [3.8, 4) is 22.9 Å². The summed E-state index contributed by atoms with van der Waals surface area (Å²) in [6.07, 6.45) is 23.7. The van der Waals surface area contributed by atoms with Gasteiger partial charge in [0.15, 0.2) is 0 Å². The van der Waals surface area contributed by atoms with Gasteiger partial charge in [-0.1, -0.05) is 55.5 Å². The Balaban J connectivity index is 1.32. The van der Waals surface area contributed by atoms with Gasteiger partial charge in [0.1, 0.15) is 11.9 Å². The molecule has 3 heterocycles. The second kappa shape index (κ2) is 11.2. The molecule has 3 atom stereocenters. The number of hydrogen-bond acceptors (Lipinski definition) is 2. The third kappa shape index (κ3) is 4.21. The number of aryl methyl sites for hydroxylation is 1. The zero-order valence-electron chi connectivity index (χ0n) is 29.0. The second-order valence-electron chi connectivity index (χ2n) is 15.4. The summed E-state index contributed by atoms with van der Waals surface area (Å²) in [5, 5.41) is 15.8. The van der Waals surface area contributed by atoms with Crippen LogP contribution < -0.4 is 4.74 Å². The van der Waals surface area contributed by atoms with Gasteiger partial charge in [0.05, 0.1) is 28.2 Å². The van der Waals surface area contributed by atoms with Crippen molar-refractivity contribution in [2.24, 2.45) is 5.92 Å². The van der Waals surface area contributed by atoms with E-state index in [4.69, 9.17) is 4.74 Å². The molecule has 50 heavy (non-hydrogen) atoms. The van der Waals surface area contributed by atoms with E-state index in [0.29, 0.717) is 17.8 Å². The number of allylic oxidation sites excluding steroid dienone is 4. The molecule has 0 spiro atoms. The van der Waals surface area contributed by atoms with Crippen molar-refractivity contribution in [2.45, 2.75) is 82.7 Å². The van der Waals surface area contributed by atoms with E-state index in [9.17, 15) is 5.26 Å². The molecule has 0 amide bonds. The van der Waals surface area contributed by atoms with Gasteiger partial charge in [0.25, 0.3) is 0 Å². The summed E-state index contributed by atoms with van der Waals surface area (Å²) in [5.41, 5.74) is 13.6. The van der Waals surface area contributed by atoms with Gasteiger partial charge in [0.2, 0.25) is 0 Å². The van der Waals surface area contributed by atoms with Crippen LogP contribution in [0.3, 0.4) is 0 Å². The van der Waals surface area contributed by atoms with Crippen molar-refractivity contribution < 1.29 is 4.74 Å². The number of aromatic nitrogens is 1. The minimum atomic E-state index is 0.0381. The Morgan fingerprint density at radius 2 is 1.76 bits per heavy atom. The Kier molecular flexibility index (Phi) is 6.69. The van der Waals surface area contributed by atoms with Crippen molar-refractivity contribution >= 4 is 44.2 Å². The summed E-state index contributed by atoms with van der Waals surface area (Å²) in [5.74, 6) is 2.75. The zero-order chi connectivity index (χ0) is 33.7. The molecule has 3 unspecified atom stereocenters. The minimum Gasteiger partial charge on any atom is -0.485 e. The summed E-state index contributed by atoms with van der Waals surface area (Å²) in [6, 6.07) is 21.3. The Labute approximate surface area is 294 Å². The molecular weight excluding hydrogens is 609 g/mol. The number of nitrogens with zero attached hydrogens (tertiary/aromatic N) is 2. The van der Waals surface area contributed by atoms with E-state index in [0.717, 1.165) is 41.7 Å². The number of ether oxygens (including phenoxy) is 1. The molecule has 3 aliphatic carbocycles. The molecule has 0 N–H and O–H groups in total. The first-order chi connectivity index (χ1) is 24.5. The molecule has 10 rings (SSSR count). The van der Waals surface area contributed by atoms with Gasteiger partial charge in [-0.3, -0.25) is 0 Å². The average molecular weight is 651 g/mol. The monoisotopic (exact) mass is 650 g/mol. The fourth-order valence-electron chi connectivity index (χ4n) is 10.2. The van der Waals surface area contributed by atoms with E-state index in [1.807, 2.05) is 0 Å². The SMILES string of the molecule is C=CC1CCC(c2cc3c4cc(-c5cccc6c5C5C=CC=CC5O6)cc5c6c7c(c(C#N)cc6n(c3cc2C)c45)/C=C/CCCC7C)CC1. The summed E-state index contributed by atoms with van der Waals surface area (Å²) in [7, 11) is 0. The molecule has 4 aliphatic rings. The average Bonchev–Trinajstić information content (AvgIpc) is 3.79. The van der Waals surface area contributed by atoms with Crippen LogP contribution in [0.5, 0.6) is 5.75 Å². The normalized spacial score (nSPS) is 24.9. The largest absolute Gasteiger partial charge is 0.485 e. The highest BCUT2D eigenvalue weighted by Gasteiger charge is 2.35. The lowest BCUT2D eigenvalue weighted by Crippen LogP contribution is -2.15. The molecular formula is C47H42N2O. The quantitative estimate of drug-likeness (QED) is 0.179. The summed E-state index contributed by atoms with van der Waals surface area (Å²) in [6.45, 7) is 8.78. The van der Waals surface area contributed by atoms with E-state index in [-0.39, 0.29) is 12.0 Å². The molecule has 3 nitrogen and oxygen atoms in total. The summed E-state index contributed by atoms with van der Waals surface area (Å²) < 4.78 is 9.01. The fraction of sp³-hybridized carbons (Fsp3) is 0.298. The Morgan fingerprint density at radius 3 is 2.60 bits per heavy atom. The van der Waals surface area contributed by atoms with Crippen molar-refractivity contribution in [2.75, 3.05) is 0 Å². The van der Waals surface area contributed by atoms with Gasteiger partial charge in [-0.15, -0.1) is 6.58 Å². The fourth-order valence-corrected chi connectivity index (χ4v) is 10.2. The number of hydrogen-bond donors (Lipinski definition) is 0. The van der Waals surface area contributed by atoms with Gasteiger partial charge in [-0.25, -0.2) is 0 Å². The highest BCUT2D eigenvalue weighted by atomic mass is 16.5. The highest BCUT2D eigenvalue weighted by molar-refractivity contribution is 6.26. The van der Waals surface area contributed by atoms with Crippen LogP contribution >= 0.6 is 0 Å². The maximum absolute atomic E-state index is 10.6. The van der Waals surface area contributed by atoms with Crippen molar-refractivity contribution in [3.05, 3.63) is 125 Å². The molecule has 1 saturated carbocycles. The third-order valence-electron chi connectivity index (χ3n) is 12.7. The first-order valence-electron chi connectivity index (χ1n) is 18.7. The van der Waals surface area contributed by atoms with Gasteiger partial charge in [-0.2, -0.15) is 5.26 Å². The molecule has 1 aliphatic heterocycles. The lowest BCUT2D eigenvalue weighted by molar-refractivity contribution is 0.269. The Hall–Kier alpha value is -5.07. The van der Waals surface area contributed by atoms with Crippen LogP contribution in [0.1, 0.15) is 103 Å². The van der Waals surface area contributed by atoms with Gasteiger partial charge in [-0.05, 0) is 145 Å². The van der Waals surface area contributed by atoms with Crippen LogP contribution in [-0.2, 0) is 0 Å². The van der Waals surface area contributed by atoms with E-state index >= 15 is 0 Å². The number of fused-ring (bicyclic) bond motifs is 11. The predicted octanol–water partition coefficient (Wildman–Crippen LogP) is 12.4. The topological polar surface area (TPSA) is 37.4 Å². The predicted molar refractivity (Wildman–Crippen MR) is 208 cm³/mol. The molecule has 0 saturated heterocycles. The molecule has 246 valence electrons. The highest BCUT2D eigenvalue weighted by Crippen LogP contribution is 2.51. The van der Waals surface area contributed by atoms with Gasteiger partial charge in [0, 0.05) is 33.0 Å². The van der Waals surface area contributed by atoms with Crippen LogP contribution in [0.2, 0.25) is 0 Å². The molecule has 4 aromatic carbocycles. The third-order valence-corrected chi connectivity index (χ3v) is 12.7. The van der Waals surface area contributed by atoms with Gasteiger partial charge >= 0.3 is 0 Å². The molecule has 0 bridgehead atoms. The molecule has 0 radical (unpaired) electrons. The molecule has 1 fully saturated rings. The first-order valence-corrected chi connectivity index (χ1v) is 18.7. The van der Waals surface area contributed by atoms with E-state index in [2.05, 4.69) is 122 Å². The summed E-state index contributed by atoms with van der Waals surface area (Å²) in [4.78, 5) is 0. The maximum atomic E-state index is 10.6. The van der Waals surface area contributed by atoms with E-state index in [1.165, 1.54) is 91.6 Å². The van der Waals surface area contributed by atoms with Crippen molar-refractivity contribution in [1.82, 2.24) is 4.40 Å². The maximum Gasteiger partial charge on any atom is 0.128 e. The summed E-state index contributed by atoms with van der Waals surface area (Å²) >= 11 is 0. The lowest BCUT2D eigenvalue weighted by atomic mass is 9.77. The van der Waals surface area contributed by atoms with Crippen LogP contribution in [0.15, 0.2) is 91.6 Å². The first kappa shape index (κ1) is 29.8. The van der Waals surface area contributed by atoms with Crippen molar-refractivity contribution in [3.63, 3.8) is 0 Å². The zero-order valence-corrected chi connectivity index (χ0v) is 29.0. The van der Waals surface area contributed by atoms with E-state index < -0.39 is 0 Å². The Morgan fingerprint density at radius 1 is 0.920 bits per heavy atom.